The van der Waals surface area contributed by atoms with Gasteiger partial charge >= 0.3 is 0 Å². The van der Waals surface area contributed by atoms with Crippen molar-refractivity contribution in [3.05, 3.63) is 30.3 Å². The van der Waals surface area contributed by atoms with Gasteiger partial charge in [-0.1, -0.05) is 18.2 Å². The Balaban J connectivity index is 3.03. The van der Waals surface area contributed by atoms with Crippen LogP contribution in [0, 0.1) is 4.61 Å². The number of hydrogen-bond acceptors (Lipinski definition) is 1. The lowest BCUT2D eigenvalue weighted by Gasteiger charge is -1.88. The van der Waals surface area contributed by atoms with E-state index in [0.717, 1.165) is 0 Å². The third kappa shape index (κ3) is 1.56. The smallest absolute Gasteiger partial charge is 0.0992 e. The molecule has 1 atom stereocenters. The largest absolute Gasteiger partial charge is 0.197 e. The van der Waals surface area contributed by atoms with E-state index in [1.807, 2.05) is 0 Å². The Hall–Kier alpha value is -0.790. The van der Waals surface area contributed by atoms with Gasteiger partial charge < -0.3 is 0 Å². The molecule has 1 rings (SSSR count). The number of nitrogens with zero attached hydrogens (tertiary/aromatic N) is 1. The minimum Gasteiger partial charge on any atom is -0.197 e. The van der Waals surface area contributed by atoms with Gasteiger partial charge in [0.1, 0.15) is 0 Å². The van der Waals surface area contributed by atoms with Gasteiger partial charge in [-0.3, -0.25) is 0 Å². The van der Waals surface area contributed by atoms with Crippen molar-refractivity contribution in [2.24, 2.45) is 0 Å². The first kappa shape index (κ1) is 6.33. The van der Waals surface area contributed by atoms with Crippen LogP contribution in [-0.2, 0) is 0 Å². The molecule has 0 aliphatic carbocycles. The maximum absolute atomic E-state index is 12.1. The molecule has 0 saturated carbocycles. The normalized spacial score (nSPS) is 12.9. The van der Waals surface area contributed by atoms with Crippen molar-refractivity contribution in [1.82, 2.24) is 0 Å². The monoisotopic (exact) mass is 143 g/mol. The number of benzene rings is 1. The molecule has 0 aliphatic heterocycles. The molecule has 9 heavy (non-hydrogen) atoms. The van der Waals surface area contributed by atoms with Gasteiger partial charge in [0, 0.05) is 4.90 Å². The summed E-state index contributed by atoms with van der Waals surface area (Å²) < 4.78 is 20.5. The summed E-state index contributed by atoms with van der Waals surface area (Å²) in [5, 5.41) is 0. The highest BCUT2D eigenvalue weighted by molar-refractivity contribution is 7.99. The van der Waals surface area contributed by atoms with E-state index in [-0.39, 0.29) is 0 Å². The molecule has 0 aliphatic rings. The Morgan fingerprint density at radius 2 is 1.78 bits per heavy atom. The van der Waals surface area contributed by atoms with Crippen LogP contribution in [0.5, 0.6) is 0 Å². The van der Waals surface area contributed by atoms with Gasteiger partial charge in [0.25, 0.3) is 0 Å². The van der Waals surface area contributed by atoms with Crippen LogP contribution in [0.2, 0.25) is 0 Å². The molecule has 0 radical (unpaired) electrons. The summed E-state index contributed by atoms with van der Waals surface area (Å²) in [6.45, 7) is 0. The minimum atomic E-state index is -2.40. The fraction of sp³-hybridized carbons (Fsp3) is 0. The fourth-order valence-electron chi connectivity index (χ4n) is 0.551. The zero-order valence-corrected chi connectivity index (χ0v) is 5.55. The maximum atomic E-state index is 12.1. The van der Waals surface area contributed by atoms with E-state index in [4.69, 9.17) is 4.61 Å². The average molecular weight is 143 g/mol. The Kier molecular flexibility index (Phi) is 1.88. The van der Waals surface area contributed by atoms with Crippen molar-refractivity contribution in [3.63, 3.8) is 0 Å². The van der Waals surface area contributed by atoms with Crippen LogP contribution in [-0.4, -0.2) is 0 Å². The molecule has 3 heteroatoms. The van der Waals surface area contributed by atoms with Gasteiger partial charge in [0.2, 0.25) is 0 Å². The second kappa shape index (κ2) is 2.67. The molecule has 0 aromatic heterocycles. The first-order valence-electron chi connectivity index (χ1n) is 2.50. The molecule has 48 valence electrons. The van der Waals surface area contributed by atoms with Crippen LogP contribution in [0.15, 0.2) is 35.2 Å². The quantitative estimate of drug-likeness (QED) is 0.554. The van der Waals surface area contributed by atoms with Gasteiger partial charge in [0.15, 0.2) is 0 Å². The van der Waals surface area contributed by atoms with Crippen molar-refractivity contribution >= 4 is 10.9 Å². The Bertz CT molecular complexity index is 249. The number of halogens is 1. The third-order valence-corrected chi connectivity index (χ3v) is 1.69. The van der Waals surface area contributed by atoms with Gasteiger partial charge in [-0.2, -0.15) is 8.49 Å². The molecule has 0 saturated heterocycles. The molecule has 0 amide bonds. The molecular weight excluding hydrogens is 137 g/mol. The summed E-state index contributed by atoms with van der Waals surface area (Å²) in [7, 11) is -2.40. The van der Waals surface area contributed by atoms with Crippen LogP contribution < -0.4 is 0 Å². The van der Waals surface area contributed by atoms with E-state index in [1.165, 1.54) is 0 Å². The Morgan fingerprint density at radius 1 is 1.22 bits per heavy atom. The van der Waals surface area contributed by atoms with Crippen LogP contribution in [0.4, 0.5) is 3.89 Å². The second-order valence-corrected chi connectivity index (χ2v) is 2.63. The van der Waals surface area contributed by atoms with Crippen molar-refractivity contribution < 1.29 is 3.89 Å². The van der Waals surface area contributed by atoms with Crippen LogP contribution in [0.1, 0.15) is 0 Å². The van der Waals surface area contributed by atoms with Gasteiger partial charge in [-0.05, 0) is 12.1 Å². The minimum absolute atomic E-state index is 0.368. The van der Waals surface area contributed by atoms with Crippen molar-refractivity contribution in [3.8, 4) is 0 Å². The molecule has 0 bridgehead atoms. The lowest BCUT2D eigenvalue weighted by atomic mass is 10.4. The molecule has 1 aromatic carbocycles. The summed E-state index contributed by atoms with van der Waals surface area (Å²) in [5.41, 5.74) is 0. The SMILES string of the molecule is N#[SH](F)c1ccccc1. The van der Waals surface area contributed by atoms with Crippen molar-refractivity contribution in [2.45, 2.75) is 4.90 Å². The van der Waals surface area contributed by atoms with Gasteiger partial charge in [-0.15, -0.1) is 0 Å². The molecular formula is C6H6FNS. The van der Waals surface area contributed by atoms with E-state index in [9.17, 15) is 3.89 Å². The summed E-state index contributed by atoms with van der Waals surface area (Å²) in [4.78, 5) is 0.368. The molecule has 0 N–H and O–H groups in total. The summed E-state index contributed by atoms with van der Waals surface area (Å²) in [6.07, 6.45) is 0. The number of thiol groups is 1. The van der Waals surface area contributed by atoms with E-state index in [0.29, 0.717) is 4.90 Å². The summed E-state index contributed by atoms with van der Waals surface area (Å²) >= 11 is 0. The highest BCUT2D eigenvalue weighted by atomic mass is 32.2. The molecule has 1 aromatic rings. The highest BCUT2D eigenvalue weighted by Gasteiger charge is 1.89. The van der Waals surface area contributed by atoms with Crippen LogP contribution in [0.3, 0.4) is 0 Å². The van der Waals surface area contributed by atoms with Crippen molar-refractivity contribution in [2.75, 3.05) is 0 Å². The second-order valence-electron chi connectivity index (χ2n) is 1.60. The maximum Gasteiger partial charge on any atom is 0.0992 e. The van der Waals surface area contributed by atoms with E-state index in [1.54, 1.807) is 30.3 Å². The topological polar surface area (TPSA) is 23.8 Å². The van der Waals surface area contributed by atoms with Crippen LogP contribution in [0.25, 0.3) is 0 Å². The van der Waals surface area contributed by atoms with Crippen molar-refractivity contribution in [1.29, 1.82) is 4.61 Å². The number of hydrogen-bond donors (Lipinski definition) is 1. The molecule has 0 spiro atoms. The molecule has 1 nitrogen and oxygen atoms in total. The zero-order valence-electron chi connectivity index (χ0n) is 4.66. The van der Waals surface area contributed by atoms with E-state index >= 15 is 0 Å². The van der Waals surface area contributed by atoms with E-state index in [2.05, 4.69) is 0 Å². The zero-order chi connectivity index (χ0) is 6.69. The highest BCUT2D eigenvalue weighted by Crippen LogP contribution is 2.21. The van der Waals surface area contributed by atoms with Crippen LogP contribution >= 0.6 is 10.9 Å². The molecule has 0 fully saturated rings. The van der Waals surface area contributed by atoms with Gasteiger partial charge in [-0.25, -0.2) is 0 Å². The van der Waals surface area contributed by atoms with Gasteiger partial charge in [0.05, 0.1) is 10.9 Å². The number of rotatable bonds is 0. The summed E-state index contributed by atoms with van der Waals surface area (Å²) in [5.74, 6) is 0. The molecule has 0 heterocycles. The first-order valence-corrected chi connectivity index (χ1v) is 3.69. The lowest BCUT2D eigenvalue weighted by Crippen LogP contribution is -1.62. The lowest BCUT2D eigenvalue weighted by molar-refractivity contribution is 0.922. The Morgan fingerprint density at radius 3 is 2.11 bits per heavy atom. The first-order chi connectivity index (χ1) is 4.30. The predicted molar refractivity (Wildman–Crippen MR) is 36.5 cm³/mol. The summed E-state index contributed by atoms with van der Waals surface area (Å²) in [6, 6.07) is 8.29. The Labute approximate surface area is 55.4 Å². The standard InChI is InChI=1S/C6H6FNS/c7-9(8)6-4-2-1-3-5-6/h1-5,9H. The third-order valence-electron chi connectivity index (χ3n) is 0.969. The average Bonchev–Trinajstić information content (AvgIpc) is 1.90. The van der Waals surface area contributed by atoms with E-state index < -0.39 is 10.9 Å². The fourth-order valence-corrected chi connectivity index (χ4v) is 0.969. The predicted octanol–water partition coefficient (Wildman–Crippen LogP) is 2.41. The molecule has 1 unspecified atom stereocenters.